The summed E-state index contributed by atoms with van der Waals surface area (Å²) in [4.78, 5) is 7.25. The van der Waals surface area contributed by atoms with Gasteiger partial charge < -0.3 is 9.74 Å². The molecule has 0 aliphatic carbocycles. The summed E-state index contributed by atoms with van der Waals surface area (Å²) in [5.74, 6) is 5.74. The summed E-state index contributed by atoms with van der Waals surface area (Å²) in [5, 5.41) is 0. The van der Waals surface area contributed by atoms with Crippen molar-refractivity contribution in [1.82, 2.24) is 0 Å². The van der Waals surface area contributed by atoms with Crippen LogP contribution in [-0.2, 0) is 4.84 Å². The molecule has 1 unspecified atom stereocenters. The van der Waals surface area contributed by atoms with Crippen molar-refractivity contribution < 1.29 is 4.84 Å². The Labute approximate surface area is 104 Å². The largest absolute Gasteiger partial charge is 0.371 e. The molecule has 0 bridgehead atoms. The van der Waals surface area contributed by atoms with Gasteiger partial charge in [0, 0.05) is 24.7 Å². The van der Waals surface area contributed by atoms with E-state index in [1.807, 2.05) is 0 Å². The van der Waals surface area contributed by atoms with E-state index < -0.39 is 0 Å². The van der Waals surface area contributed by atoms with Gasteiger partial charge in [-0.15, -0.1) is 0 Å². The topological polar surface area (TPSA) is 38.5 Å². The van der Waals surface area contributed by atoms with Crippen LogP contribution < -0.4 is 10.8 Å². The highest BCUT2D eigenvalue weighted by Crippen LogP contribution is 2.26. The molecule has 3 heteroatoms. The minimum atomic E-state index is 0.564. The monoisotopic (exact) mass is 234 g/mol. The summed E-state index contributed by atoms with van der Waals surface area (Å²) in [6.07, 6.45) is 2.44. The fourth-order valence-electron chi connectivity index (χ4n) is 2.72. The molecule has 0 saturated carbocycles. The Morgan fingerprint density at radius 1 is 1.41 bits per heavy atom. The van der Waals surface area contributed by atoms with Crippen LogP contribution in [0.2, 0.25) is 0 Å². The van der Waals surface area contributed by atoms with Crippen LogP contribution in [0.5, 0.6) is 0 Å². The molecule has 0 radical (unpaired) electrons. The van der Waals surface area contributed by atoms with E-state index >= 15 is 0 Å². The molecule has 1 heterocycles. The van der Waals surface area contributed by atoms with Crippen LogP contribution in [0.25, 0.3) is 0 Å². The van der Waals surface area contributed by atoms with Gasteiger partial charge in [-0.2, -0.15) is 0 Å². The third-order valence-electron chi connectivity index (χ3n) is 3.54. The fourth-order valence-corrected chi connectivity index (χ4v) is 2.72. The number of hydrogen-bond acceptors (Lipinski definition) is 3. The highest BCUT2D eigenvalue weighted by molar-refractivity contribution is 5.54. The number of anilines is 1. The third kappa shape index (κ3) is 2.99. The maximum Gasteiger partial charge on any atom is 0.0724 e. The number of benzene rings is 1. The average molecular weight is 234 g/mol. The summed E-state index contributed by atoms with van der Waals surface area (Å²) < 4.78 is 0. The predicted octanol–water partition coefficient (Wildman–Crippen LogP) is 2.41. The van der Waals surface area contributed by atoms with Gasteiger partial charge in [-0.3, -0.25) is 0 Å². The van der Waals surface area contributed by atoms with Crippen LogP contribution in [0.1, 0.15) is 24.0 Å². The third-order valence-corrected chi connectivity index (χ3v) is 3.54. The zero-order valence-electron chi connectivity index (χ0n) is 10.8. The van der Waals surface area contributed by atoms with Gasteiger partial charge in [0.15, 0.2) is 0 Å². The van der Waals surface area contributed by atoms with Crippen LogP contribution in [0.15, 0.2) is 18.2 Å². The minimum absolute atomic E-state index is 0.564. The Balaban J connectivity index is 2.10. The Morgan fingerprint density at radius 3 is 2.94 bits per heavy atom. The maximum absolute atomic E-state index is 5.17. The summed E-state index contributed by atoms with van der Waals surface area (Å²) >= 11 is 0. The second-order valence-electron chi connectivity index (χ2n) is 5.08. The van der Waals surface area contributed by atoms with E-state index in [-0.39, 0.29) is 0 Å². The molecule has 17 heavy (non-hydrogen) atoms. The predicted molar refractivity (Wildman–Crippen MR) is 71.0 cm³/mol. The molecule has 1 fully saturated rings. The van der Waals surface area contributed by atoms with Crippen molar-refractivity contribution >= 4 is 5.69 Å². The Kier molecular flexibility index (Phi) is 4.02. The number of nitrogens with zero attached hydrogens (tertiary/aromatic N) is 1. The van der Waals surface area contributed by atoms with Crippen molar-refractivity contribution in [2.75, 3.05) is 24.6 Å². The van der Waals surface area contributed by atoms with Crippen LogP contribution in [-0.4, -0.2) is 19.7 Å². The minimum Gasteiger partial charge on any atom is -0.371 e. The molecule has 1 aliphatic heterocycles. The van der Waals surface area contributed by atoms with E-state index in [4.69, 9.17) is 10.7 Å². The normalized spacial score (nSPS) is 20.6. The van der Waals surface area contributed by atoms with E-state index in [0.717, 1.165) is 13.1 Å². The molecule has 0 spiro atoms. The van der Waals surface area contributed by atoms with E-state index in [0.29, 0.717) is 12.5 Å². The molecule has 1 aromatic carbocycles. The van der Waals surface area contributed by atoms with E-state index in [1.165, 1.54) is 29.7 Å². The van der Waals surface area contributed by atoms with E-state index in [1.54, 1.807) is 0 Å². The Bertz CT molecular complexity index is 376. The van der Waals surface area contributed by atoms with Gasteiger partial charge in [-0.1, -0.05) is 17.7 Å². The molecule has 1 aliphatic rings. The molecule has 3 nitrogen and oxygen atoms in total. The smallest absolute Gasteiger partial charge is 0.0724 e. The number of hydrogen-bond donors (Lipinski definition) is 1. The fraction of sp³-hybridized carbons (Fsp3) is 0.571. The molecule has 94 valence electrons. The molecule has 2 rings (SSSR count). The quantitative estimate of drug-likeness (QED) is 0.816. The number of piperidine rings is 1. The number of nitrogens with two attached hydrogens (primary N) is 1. The molecule has 0 amide bonds. The summed E-state index contributed by atoms with van der Waals surface area (Å²) in [5.41, 5.74) is 4.04. The molecular formula is C14H22N2O. The van der Waals surface area contributed by atoms with Gasteiger partial charge in [0.25, 0.3) is 0 Å². The zero-order chi connectivity index (χ0) is 12.3. The van der Waals surface area contributed by atoms with Gasteiger partial charge in [0.05, 0.1) is 6.61 Å². The second-order valence-corrected chi connectivity index (χ2v) is 5.08. The van der Waals surface area contributed by atoms with Crippen LogP contribution in [0.4, 0.5) is 5.69 Å². The lowest BCUT2D eigenvalue weighted by Gasteiger charge is -2.35. The highest BCUT2D eigenvalue weighted by Gasteiger charge is 2.21. The van der Waals surface area contributed by atoms with Gasteiger partial charge in [0.1, 0.15) is 0 Å². The van der Waals surface area contributed by atoms with Crippen molar-refractivity contribution in [3.05, 3.63) is 29.3 Å². The lowest BCUT2D eigenvalue weighted by molar-refractivity contribution is 0.0951. The molecule has 2 N–H and O–H groups in total. The average Bonchev–Trinajstić information content (AvgIpc) is 2.29. The van der Waals surface area contributed by atoms with E-state index in [9.17, 15) is 0 Å². The van der Waals surface area contributed by atoms with Crippen molar-refractivity contribution in [3.63, 3.8) is 0 Å². The molecule has 0 aromatic heterocycles. The molecular weight excluding hydrogens is 212 g/mol. The van der Waals surface area contributed by atoms with Crippen LogP contribution >= 0.6 is 0 Å². The van der Waals surface area contributed by atoms with Gasteiger partial charge in [-0.25, -0.2) is 5.90 Å². The number of rotatable bonds is 3. The SMILES string of the molecule is Cc1ccc(N2CCCC(CON)C2)c(C)c1. The van der Waals surface area contributed by atoms with Gasteiger partial charge in [-0.05, 0) is 38.3 Å². The van der Waals surface area contributed by atoms with Gasteiger partial charge in [0.2, 0.25) is 0 Å². The Hall–Kier alpha value is -1.06. The first-order valence-corrected chi connectivity index (χ1v) is 6.34. The molecule has 1 saturated heterocycles. The zero-order valence-corrected chi connectivity index (χ0v) is 10.8. The highest BCUT2D eigenvalue weighted by atomic mass is 16.6. The first kappa shape index (κ1) is 12.4. The molecule has 1 atom stereocenters. The van der Waals surface area contributed by atoms with Crippen molar-refractivity contribution in [2.24, 2.45) is 11.8 Å². The lowest BCUT2D eigenvalue weighted by Crippen LogP contribution is -2.38. The van der Waals surface area contributed by atoms with Crippen molar-refractivity contribution in [2.45, 2.75) is 26.7 Å². The first-order valence-electron chi connectivity index (χ1n) is 6.34. The first-order chi connectivity index (χ1) is 8.20. The number of aryl methyl sites for hydroxylation is 2. The van der Waals surface area contributed by atoms with E-state index in [2.05, 4.69) is 36.9 Å². The van der Waals surface area contributed by atoms with Crippen molar-refractivity contribution in [1.29, 1.82) is 0 Å². The van der Waals surface area contributed by atoms with Crippen LogP contribution in [0.3, 0.4) is 0 Å². The maximum atomic E-state index is 5.17. The molecule has 1 aromatic rings. The standard InChI is InChI=1S/C14H22N2O/c1-11-5-6-14(12(2)8-11)16-7-3-4-13(9-16)10-17-15/h5-6,8,13H,3-4,7,9-10,15H2,1-2H3. The summed E-state index contributed by atoms with van der Waals surface area (Å²) in [7, 11) is 0. The Morgan fingerprint density at radius 2 is 2.24 bits per heavy atom. The lowest BCUT2D eigenvalue weighted by atomic mass is 9.97. The van der Waals surface area contributed by atoms with Gasteiger partial charge >= 0.3 is 0 Å². The summed E-state index contributed by atoms with van der Waals surface area (Å²) in [6.45, 7) is 7.19. The van der Waals surface area contributed by atoms with Crippen molar-refractivity contribution in [3.8, 4) is 0 Å². The van der Waals surface area contributed by atoms with Crippen LogP contribution in [0, 0.1) is 19.8 Å². The summed E-state index contributed by atoms with van der Waals surface area (Å²) in [6, 6.07) is 6.67. The second kappa shape index (κ2) is 5.52.